The monoisotopic (exact) mass is 433 g/mol. The van der Waals surface area contributed by atoms with Crippen LogP contribution >= 0.6 is 0 Å². The molecule has 2 aromatic rings. The first kappa shape index (κ1) is 20.4. The number of fused-ring (bicyclic) bond motifs is 5. The summed E-state index contributed by atoms with van der Waals surface area (Å²) in [5, 5.41) is 0. The number of nitrogens with zero attached hydrogens (tertiary/aromatic N) is 1. The quantitative estimate of drug-likeness (QED) is 0.395. The minimum absolute atomic E-state index is 0.160. The van der Waals surface area contributed by atoms with Crippen molar-refractivity contribution in [2.24, 2.45) is 23.7 Å². The lowest BCUT2D eigenvalue weighted by Crippen LogP contribution is -2.32. The molecule has 32 heavy (non-hydrogen) atoms. The normalized spacial score (nSPS) is 25.7. The van der Waals surface area contributed by atoms with Crippen LogP contribution in [0, 0.1) is 23.7 Å². The summed E-state index contributed by atoms with van der Waals surface area (Å²) >= 11 is 0. The minimum Gasteiger partial charge on any atom is -0.497 e. The fraction of sp³-hybridized carbons (Fsp3) is 0.360. The lowest BCUT2D eigenvalue weighted by atomic mass is 9.81. The van der Waals surface area contributed by atoms with Crippen molar-refractivity contribution in [1.29, 1.82) is 0 Å². The summed E-state index contributed by atoms with van der Waals surface area (Å²) in [5.74, 6) is -0.582. The number of amides is 2. The zero-order valence-electron chi connectivity index (χ0n) is 17.7. The van der Waals surface area contributed by atoms with Gasteiger partial charge < -0.3 is 9.47 Å². The highest BCUT2D eigenvalue weighted by molar-refractivity contribution is 6.22. The summed E-state index contributed by atoms with van der Waals surface area (Å²) in [6.07, 6.45) is 2.98. The molecule has 2 saturated carbocycles. The molecule has 0 N–H and O–H groups in total. The van der Waals surface area contributed by atoms with E-state index in [-0.39, 0.29) is 35.0 Å². The van der Waals surface area contributed by atoms with Gasteiger partial charge in [-0.15, -0.1) is 0 Å². The Morgan fingerprint density at radius 2 is 1.59 bits per heavy atom. The molecule has 0 spiro atoms. The second-order valence-corrected chi connectivity index (χ2v) is 8.67. The maximum Gasteiger partial charge on any atom is 0.338 e. The van der Waals surface area contributed by atoms with Gasteiger partial charge >= 0.3 is 5.97 Å². The highest BCUT2D eigenvalue weighted by Crippen LogP contribution is 2.56. The molecule has 4 atom stereocenters. The maximum absolute atomic E-state index is 13.0. The fourth-order valence-electron chi connectivity index (χ4n) is 5.51. The number of esters is 1. The van der Waals surface area contributed by atoms with Crippen LogP contribution in [0.4, 0.5) is 5.69 Å². The molecule has 2 aromatic carbocycles. The standard InChI is InChI=1S/C25H23NO6/c1-31-19-9-7-14(8-10-19)20(27)13-32-25(30)17-3-2-4-18(12-17)26-23(28)21-15-5-6-16(11-15)22(21)24(26)29/h2-4,7-10,12,15-16,21-22H,5-6,11,13H2,1H3/t15-,16-,21-,22+/m0/s1. The van der Waals surface area contributed by atoms with Crippen LogP contribution in [0.15, 0.2) is 48.5 Å². The largest absolute Gasteiger partial charge is 0.497 e. The number of ketones is 1. The van der Waals surface area contributed by atoms with E-state index in [4.69, 9.17) is 9.47 Å². The molecule has 0 aromatic heterocycles. The van der Waals surface area contributed by atoms with Gasteiger partial charge in [0.25, 0.3) is 0 Å². The van der Waals surface area contributed by atoms with Crippen LogP contribution < -0.4 is 9.64 Å². The highest BCUT2D eigenvalue weighted by atomic mass is 16.5. The van der Waals surface area contributed by atoms with Crippen LogP contribution in [0.2, 0.25) is 0 Å². The van der Waals surface area contributed by atoms with Gasteiger partial charge in [-0.25, -0.2) is 4.79 Å². The van der Waals surface area contributed by atoms with Gasteiger partial charge in [-0.1, -0.05) is 6.07 Å². The van der Waals surface area contributed by atoms with E-state index >= 15 is 0 Å². The Hall–Kier alpha value is -3.48. The molecule has 7 heteroatoms. The zero-order valence-corrected chi connectivity index (χ0v) is 17.7. The van der Waals surface area contributed by atoms with E-state index in [0.29, 0.717) is 28.8 Å². The summed E-state index contributed by atoms with van der Waals surface area (Å²) in [6, 6.07) is 12.8. The van der Waals surface area contributed by atoms with E-state index in [0.717, 1.165) is 19.3 Å². The third kappa shape index (κ3) is 3.28. The molecule has 2 aliphatic carbocycles. The Balaban J connectivity index is 1.28. The third-order valence-electron chi connectivity index (χ3n) is 7.01. The van der Waals surface area contributed by atoms with Crippen LogP contribution in [-0.2, 0) is 14.3 Å². The number of hydrogen-bond donors (Lipinski definition) is 0. The number of imide groups is 1. The Kier molecular flexibility index (Phi) is 5.04. The van der Waals surface area contributed by atoms with Crippen LogP contribution in [0.1, 0.15) is 40.0 Å². The molecule has 1 heterocycles. The van der Waals surface area contributed by atoms with E-state index in [1.807, 2.05) is 0 Å². The van der Waals surface area contributed by atoms with E-state index in [1.165, 1.54) is 18.1 Å². The maximum atomic E-state index is 13.0. The molecule has 7 nitrogen and oxygen atoms in total. The lowest BCUT2D eigenvalue weighted by Gasteiger charge is -2.19. The fourth-order valence-corrected chi connectivity index (χ4v) is 5.51. The first-order valence-electron chi connectivity index (χ1n) is 10.8. The van der Waals surface area contributed by atoms with Crippen LogP contribution in [0.25, 0.3) is 0 Å². The predicted octanol–water partition coefficient (Wildman–Crippen LogP) is 3.27. The van der Waals surface area contributed by atoms with Crippen LogP contribution in [-0.4, -0.2) is 37.3 Å². The number of carbonyl (C=O) groups is 4. The molecular weight excluding hydrogens is 410 g/mol. The number of ether oxygens (including phenoxy) is 2. The third-order valence-corrected chi connectivity index (χ3v) is 7.01. The van der Waals surface area contributed by atoms with Crippen molar-refractivity contribution in [2.75, 3.05) is 18.6 Å². The summed E-state index contributed by atoms with van der Waals surface area (Å²) in [5.41, 5.74) is 0.970. The number of hydrogen-bond acceptors (Lipinski definition) is 6. The number of methoxy groups -OCH3 is 1. The molecule has 1 aliphatic heterocycles. The number of anilines is 1. The molecular formula is C25H23NO6. The average molecular weight is 433 g/mol. The molecule has 3 aliphatic rings. The molecule has 0 unspecified atom stereocenters. The van der Waals surface area contributed by atoms with Gasteiger partial charge in [0.1, 0.15) is 5.75 Å². The van der Waals surface area contributed by atoms with E-state index in [2.05, 4.69) is 0 Å². The van der Waals surface area contributed by atoms with E-state index in [1.54, 1.807) is 42.5 Å². The molecule has 1 saturated heterocycles. The SMILES string of the molecule is COc1ccc(C(=O)COC(=O)c2cccc(N3C(=O)[C@@H]4[C@H]5CC[C@@H](C5)[C@@H]4C3=O)c2)cc1. The Bertz CT molecular complexity index is 1080. The van der Waals surface area contributed by atoms with Gasteiger partial charge in [0, 0.05) is 5.56 Å². The molecule has 0 radical (unpaired) electrons. The van der Waals surface area contributed by atoms with E-state index in [9.17, 15) is 19.2 Å². The van der Waals surface area contributed by atoms with Crippen molar-refractivity contribution in [3.05, 3.63) is 59.7 Å². The van der Waals surface area contributed by atoms with Crippen molar-refractivity contribution in [3.63, 3.8) is 0 Å². The van der Waals surface area contributed by atoms with Gasteiger partial charge in [-0.3, -0.25) is 19.3 Å². The molecule has 5 rings (SSSR count). The molecule has 3 fully saturated rings. The van der Waals surface area contributed by atoms with Gasteiger partial charge in [0.05, 0.1) is 30.2 Å². The number of rotatable bonds is 6. The Morgan fingerprint density at radius 1 is 0.938 bits per heavy atom. The van der Waals surface area contributed by atoms with Crippen molar-refractivity contribution >= 4 is 29.3 Å². The highest BCUT2D eigenvalue weighted by Gasteiger charge is 2.61. The Morgan fingerprint density at radius 3 is 2.22 bits per heavy atom. The van der Waals surface area contributed by atoms with Gasteiger partial charge in [-0.2, -0.15) is 0 Å². The lowest BCUT2D eigenvalue weighted by molar-refractivity contribution is -0.123. The van der Waals surface area contributed by atoms with Crippen molar-refractivity contribution in [3.8, 4) is 5.75 Å². The second kappa shape index (κ2) is 7.89. The number of carbonyl (C=O) groups excluding carboxylic acids is 4. The molecule has 2 bridgehead atoms. The smallest absolute Gasteiger partial charge is 0.338 e. The van der Waals surface area contributed by atoms with Crippen LogP contribution in [0.3, 0.4) is 0 Å². The zero-order chi connectivity index (χ0) is 22.4. The van der Waals surface area contributed by atoms with E-state index < -0.39 is 12.6 Å². The van der Waals surface area contributed by atoms with Gasteiger partial charge in [0.2, 0.25) is 11.8 Å². The minimum atomic E-state index is -0.687. The Labute approximate surface area is 185 Å². The van der Waals surface area contributed by atoms with Crippen LogP contribution in [0.5, 0.6) is 5.75 Å². The van der Waals surface area contributed by atoms with Crippen molar-refractivity contribution < 1.29 is 28.7 Å². The summed E-state index contributed by atoms with van der Waals surface area (Å²) in [4.78, 5) is 52.1. The van der Waals surface area contributed by atoms with Gasteiger partial charge in [0.15, 0.2) is 12.4 Å². The van der Waals surface area contributed by atoms with Crippen molar-refractivity contribution in [1.82, 2.24) is 0 Å². The number of Topliss-reactive ketones (excluding diaryl/α,β-unsaturated/α-hetero) is 1. The topological polar surface area (TPSA) is 90.0 Å². The first-order valence-corrected chi connectivity index (χ1v) is 10.8. The molecule has 164 valence electrons. The second-order valence-electron chi connectivity index (χ2n) is 8.67. The first-order chi connectivity index (χ1) is 15.5. The summed E-state index contributed by atoms with van der Waals surface area (Å²) in [6.45, 7) is -0.412. The summed E-state index contributed by atoms with van der Waals surface area (Å²) in [7, 11) is 1.53. The molecule has 2 amide bonds. The van der Waals surface area contributed by atoms with Crippen molar-refractivity contribution in [2.45, 2.75) is 19.3 Å². The average Bonchev–Trinajstić information content (AvgIpc) is 3.51. The van der Waals surface area contributed by atoms with Gasteiger partial charge in [-0.05, 0) is 73.6 Å². The summed E-state index contributed by atoms with van der Waals surface area (Å²) < 4.78 is 10.2. The number of benzene rings is 2. The predicted molar refractivity (Wildman–Crippen MR) is 114 cm³/mol.